The fourth-order valence-electron chi connectivity index (χ4n) is 2.38. The number of carbonyl (C=O) groups is 1. The summed E-state index contributed by atoms with van der Waals surface area (Å²) in [5.41, 5.74) is 2.34. The highest BCUT2D eigenvalue weighted by Gasteiger charge is 2.22. The molecule has 1 aliphatic rings. The van der Waals surface area contributed by atoms with E-state index in [4.69, 9.17) is 4.74 Å². The molecule has 2 rings (SSSR count). The van der Waals surface area contributed by atoms with Gasteiger partial charge >= 0.3 is 0 Å². The van der Waals surface area contributed by atoms with Crippen LogP contribution in [0.25, 0.3) is 0 Å². The van der Waals surface area contributed by atoms with Gasteiger partial charge in [-0.05, 0) is 17.5 Å². The smallest absolute Gasteiger partial charge is 0.221 e. The molecule has 1 saturated heterocycles. The molecular formula is C15H22N2O2. The van der Waals surface area contributed by atoms with Crippen molar-refractivity contribution in [3.05, 3.63) is 29.3 Å². The molecule has 0 radical (unpaired) electrons. The number of hydrogen-bond acceptors (Lipinski definition) is 3. The minimum Gasteiger partial charge on any atom is -0.496 e. The summed E-state index contributed by atoms with van der Waals surface area (Å²) in [6, 6.07) is 6.26. The zero-order valence-corrected chi connectivity index (χ0v) is 11.8. The van der Waals surface area contributed by atoms with E-state index in [0.29, 0.717) is 18.9 Å². The maximum Gasteiger partial charge on any atom is 0.221 e. The summed E-state index contributed by atoms with van der Waals surface area (Å²) in [4.78, 5) is 11.7. The van der Waals surface area contributed by atoms with Gasteiger partial charge in [0.25, 0.3) is 0 Å². The fraction of sp³-hybridized carbons (Fsp3) is 0.533. The minimum absolute atomic E-state index is 0.0242. The van der Waals surface area contributed by atoms with Gasteiger partial charge in [-0.3, -0.25) is 4.79 Å². The van der Waals surface area contributed by atoms with Gasteiger partial charge in [0.2, 0.25) is 5.91 Å². The zero-order chi connectivity index (χ0) is 13.8. The maximum absolute atomic E-state index is 11.7. The van der Waals surface area contributed by atoms with E-state index in [1.165, 1.54) is 5.56 Å². The van der Waals surface area contributed by atoms with E-state index in [1.807, 2.05) is 6.07 Å². The molecule has 0 aliphatic carbocycles. The van der Waals surface area contributed by atoms with E-state index in [-0.39, 0.29) is 11.9 Å². The second kappa shape index (κ2) is 6.06. The second-order valence-electron chi connectivity index (χ2n) is 5.22. The molecule has 1 fully saturated rings. The van der Waals surface area contributed by atoms with E-state index in [9.17, 15) is 4.79 Å². The molecule has 104 valence electrons. The lowest BCUT2D eigenvalue weighted by molar-refractivity contribution is -0.121. The quantitative estimate of drug-likeness (QED) is 0.875. The molecule has 19 heavy (non-hydrogen) atoms. The van der Waals surface area contributed by atoms with Crippen molar-refractivity contribution in [2.75, 3.05) is 20.2 Å². The van der Waals surface area contributed by atoms with Crippen molar-refractivity contribution < 1.29 is 9.53 Å². The zero-order valence-electron chi connectivity index (χ0n) is 11.8. The predicted octanol–water partition coefficient (Wildman–Crippen LogP) is 1.97. The SMILES string of the molecule is COc1ccc(C(C)C)cc1C1CC(=O)NCCN1. The van der Waals surface area contributed by atoms with Crippen LogP contribution in [0.4, 0.5) is 0 Å². The van der Waals surface area contributed by atoms with Crippen molar-refractivity contribution >= 4 is 5.91 Å². The van der Waals surface area contributed by atoms with Gasteiger partial charge in [0.05, 0.1) is 7.11 Å². The van der Waals surface area contributed by atoms with Crippen LogP contribution < -0.4 is 15.4 Å². The molecule has 1 aliphatic heterocycles. The lowest BCUT2D eigenvalue weighted by Crippen LogP contribution is -2.24. The van der Waals surface area contributed by atoms with Crippen LogP contribution in [0.2, 0.25) is 0 Å². The third-order valence-corrected chi connectivity index (χ3v) is 3.52. The Morgan fingerprint density at radius 2 is 2.11 bits per heavy atom. The van der Waals surface area contributed by atoms with Crippen LogP contribution in [0, 0.1) is 0 Å². The lowest BCUT2D eigenvalue weighted by Gasteiger charge is -2.20. The van der Waals surface area contributed by atoms with Crippen molar-refractivity contribution in [2.45, 2.75) is 32.2 Å². The third kappa shape index (κ3) is 3.26. The molecule has 1 aromatic carbocycles. The Morgan fingerprint density at radius 3 is 2.79 bits per heavy atom. The molecule has 4 heteroatoms. The summed E-state index contributed by atoms with van der Waals surface area (Å²) in [6.45, 7) is 5.80. The van der Waals surface area contributed by atoms with E-state index in [0.717, 1.165) is 17.9 Å². The van der Waals surface area contributed by atoms with Gasteiger partial charge in [0.1, 0.15) is 5.75 Å². The van der Waals surface area contributed by atoms with Gasteiger partial charge in [0.15, 0.2) is 0 Å². The molecule has 1 heterocycles. The maximum atomic E-state index is 11.7. The topological polar surface area (TPSA) is 50.4 Å². The van der Waals surface area contributed by atoms with Crippen molar-refractivity contribution in [3.8, 4) is 5.75 Å². The first-order chi connectivity index (χ1) is 9.11. The Kier molecular flexibility index (Phi) is 4.43. The number of methoxy groups -OCH3 is 1. The number of hydrogen-bond donors (Lipinski definition) is 2. The molecule has 1 aromatic rings. The van der Waals surface area contributed by atoms with Crippen molar-refractivity contribution in [1.29, 1.82) is 0 Å². The largest absolute Gasteiger partial charge is 0.496 e. The monoisotopic (exact) mass is 262 g/mol. The molecule has 0 bridgehead atoms. The number of carbonyl (C=O) groups excluding carboxylic acids is 1. The van der Waals surface area contributed by atoms with E-state index in [2.05, 4.69) is 36.6 Å². The van der Waals surface area contributed by atoms with E-state index >= 15 is 0 Å². The highest BCUT2D eigenvalue weighted by Crippen LogP contribution is 2.31. The second-order valence-corrected chi connectivity index (χ2v) is 5.22. The Hall–Kier alpha value is -1.55. The van der Waals surface area contributed by atoms with Gasteiger partial charge in [-0.15, -0.1) is 0 Å². The van der Waals surface area contributed by atoms with Crippen LogP contribution in [-0.4, -0.2) is 26.1 Å². The number of benzene rings is 1. The molecule has 0 spiro atoms. The number of rotatable bonds is 3. The van der Waals surface area contributed by atoms with Crippen molar-refractivity contribution in [2.24, 2.45) is 0 Å². The third-order valence-electron chi connectivity index (χ3n) is 3.52. The number of amides is 1. The first kappa shape index (κ1) is 13.9. The van der Waals surface area contributed by atoms with Gasteiger partial charge in [-0.1, -0.05) is 26.0 Å². The Balaban J connectivity index is 2.34. The van der Waals surface area contributed by atoms with Crippen LogP contribution in [-0.2, 0) is 4.79 Å². The van der Waals surface area contributed by atoms with Gasteiger partial charge in [-0.2, -0.15) is 0 Å². The molecular weight excluding hydrogens is 240 g/mol. The lowest BCUT2D eigenvalue weighted by atomic mass is 9.95. The molecule has 2 N–H and O–H groups in total. The summed E-state index contributed by atoms with van der Waals surface area (Å²) in [6.07, 6.45) is 0.456. The average molecular weight is 262 g/mol. The van der Waals surface area contributed by atoms with E-state index < -0.39 is 0 Å². The highest BCUT2D eigenvalue weighted by molar-refractivity contribution is 5.77. The molecule has 0 aromatic heterocycles. The molecule has 4 nitrogen and oxygen atoms in total. The van der Waals surface area contributed by atoms with Crippen LogP contribution >= 0.6 is 0 Å². The van der Waals surface area contributed by atoms with Gasteiger partial charge in [0, 0.05) is 31.1 Å². The van der Waals surface area contributed by atoms with Crippen molar-refractivity contribution in [1.82, 2.24) is 10.6 Å². The predicted molar refractivity (Wildman–Crippen MR) is 75.5 cm³/mol. The number of ether oxygens (including phenoxy) is 1. The minimum atomic E-state index is 0.0242. The van der Waals surface area contributed by atoms with Crippen LogP contribution in [0.1, 0.15) is 43.4 Å². The van der Waals surface area contributed by atoms with Crippen LogP contribution in [0.5, 0.6) is 5.75 Å². The standard InChI is InChI=1S/C15H22N2O2/c1-10(2)11-4-5-14(19-3)12(8-11)13-9-15(18)17-7-6-16-13/h4-5,8,10,13,16H,6-7,9H2,1-3H3,(H,17,18). The normalized spacial score (nSPS) is 20.0. The summed E-state index contributed by atoms with van der Waals surface area (Å²) in [5.74, 6) is 1.40. The fourth-order valence-corrected chi connectivity index (χ4v) is 2.38. The summed E-state index contributed by atoms with van der Waals surface area (Å²) in [5, 5.41) is 6.28. The first-order valence-electron chi connectivity index (χ1n) is 6.79. The Bertz CT molecular complexity index is 457. The summed E-state index contributed by atoms with van der Waals surface area (Å²) >= 11 is 0. The molecule has 0 saturated carbocycles. The molecule has 1 unspecified atom stereocenters. The van der Waals surface area contributed by atoms with Crippen molar-refractivity contribution in [3.63, 3.8) is 0 Å². The summed E-state index contributed by atoms with van der Waals surface area (Å²) in [7, 11) is 1.67. The van der Waals surface area contributed by atoms with Gasteiger partial charge in [-0.25, -0.2) is 0 Å². The average Bonchev–Trinajstić information content (AvgIpc) is 2.62. The van der Waals surface area contributed by atoms with Crippen LogP contribution in [0.3, 0.4) is 0 Å². The molecule has 1 atom stereocenters. The van der Waals surface area contributed by atoms with Gasteiger partial charge < -0.3 is 15.4 Å². The van der Waals surface area contributed by atoms with Crippen LogP contribution in [0.15, 0.2) is 18.2 Å². The molecule has 1 amide bonds. The number of nitrogens with one attached hydrogen (secondary N) is 2. The Labute approximate surface area is 114 Å². The first-order valence-corrected chi connectivity index (χ1v) is 6.79. The summed E-state index contributed by atoms with van der Waals surface area (Å²) < 4.78 is 5.44. The Morgan fingerprint density at radius 1 is 1.32 bits per heavy atom. The highest BCUT2D eigenvalue weighted by atomic mass is 16.5. The van der Waals surface area contributed by atoms with E-state index in [1.54, 1.807) is 7.11 Å².